The molecule has 0 saturated carbocycles. The van der Waals surface area contributed by atoms with E-state index in [4.69, 9.17) is 0 Å². The van der Waals surface area contributed by atoms with Gasteiger partial charge in [-0.2, -0.15) is 0 Å². The van der Waals surface area contributed by atoms with Gasteiger partial charge in [-0.25, -0.2) is 4.39 Å². The number of nitrogens with zero attached hydrogens (tertiary/aromatic N) is 1. The number of thioether (sulfide) groups is 1. The van der Waals surface area contributed by atoms with Crippen molar-refractivity contribution >= 4 is 39.5 Å². The van der Waals surface area contributed by atoms with Crippen LogP contribution in [0.2, 0.25) is 0 Å². The van der Waals surface area contributed by atoms with Crippen molar-refractivity contribution in [3.05, 3.63) is 106 Å². The summed E-state index contributed by atoms with van der Waals surface area (Å²) in [4.78, 5) is 28.6. The Balaban J connectivity index is 1.87. The van der Waals surface area contributed by atoms with Crippen LogP contribution in [0, 0.1) is 5.82 Å². The number of carbonyl (C=O) groups excluding carboxylic acids is 2. The maximum Gasteiger partial charge on any atom is 0.243 e. The molecular weight excluding hydrogens is 539 g/mol. The highest BCUT2D eigenvalue weighted by molar-refractivity contribution is 9.10. The van der Waals surface area contributed by atoms with E-state index < -0.39 is 17.4 Å². The second-order valence-corrected chi connectivity index (χ2v) is 11.6. The first-order valence-electron chi connectivity index (χ1n) is 11.8. The Hall–Kier alpha value is -2.64. The number of halogens is 2. The molecule has 0 aliphatic rings. The van der Waals surface area contributed by atoms with Crippen LogP contribution in [0.4, 0.5) is 4.39 Å². The zero-order valence-corrected chi connectivity index (χ0v) is 23.2. The first-order valence-corrected chi connectivity index (χ1v) is 13.8. The third-order valence-electron chi connectivity index (χ3n) is 5.48. The van der Waals surface area contributed by atoms with Crippen LogP contribution in [-0.2, 0) is 28.3 Å². The van der Waals surface area contributed by atoms with Gasteiger partial charge in [0.2, 0.25) is 11.8 Å². The van der Waals surface area contributed by atoms with Gasteiger partial charge in [0.15, 0.2) is 0 Å². The van der Waals surface area contributed by atoms with Crippen LogP contribution in [0.25, 0.3) is 0 Å². The number of hydrogen-bond acceptors (Lipinski definition) is 3. The fourth-order valence-electron chi connectivity index (χ4n) is 3.74. The molecule has 1 atom stereocenters. The third kappa shape index (κ3) is 8.79. The summed E-state index contributed by atoms with van der Waals surface area (Å²) in [6.45, 7) is 5.73. The van der Waals surface area contributed by atoms with E-state index in [2.05, 4.69) is 21.2 Å². The maximum atomic E-state index is 14.6. The molecule has 0 spiro atoms. The molecule has 0 aromatic heterocycles. The predicted molar refractivity (Wildman–Crippen MR) is 149 cm³/mol. The van der Waals surface area contributed by atoms with Gasteiger partial charge >= 0.3 is 0 Å². The van der Waals surface area contributed by atoms with Crippen molar-refractivity contribution in [2.75, 3.05) is 5.75 Å². The van der Waals surface area contributed by atoms with Crippen LogP contribution in [0.3, 0.4) is 0 Å². The Bertz CT molecular complexity index is 1150. The summed E-state index contributed by atoms with van der Waals surface area (Å²) in [6.07, 6.45) is 0.334. The van der Waals surface area contributed by atoms with Gasteiger partial charge in [-0.3, -0.25) is 9.59 Å². The SMILES string of the molecule is CC(C)(C)NC(=O)[C@H](Cc1ccccc1)N(Cc1ccccc1F)C(=O)CSCc1ccc(Br)cc1. The van der Waals surface area contributed by atoms with Gasteiger partial charge in [0.1, 0.15) is 11.9 Å². The Morgan fingerprint density at radius 2 is 1.58 bits per heavy atom. The van der Waals surface area contributed by atoms with Crippen LogP contribution in [0.15, 0.2) is 83.3 Å². The highest BCUT2D eigenvalue weighted by Crippen LogP contribution is 2.21. The number of carbonyl (C=O) groups is 2. The average molecular weight is 572 g/mol. The Morgan fingerprint density at radius 1 is 0.944 bits per heavy atom. The van der Waals surface area contributed by atoms with Gasteiger partial charge in [0.05, 0.1) is 5.75 Å². The molecule has 190 valence electrons. The second-order valence-electron chi connectivity index (χ2n) is 9.68. The van der Waals surface area contributed by atoms with E-state index in [1.54, 1.807) is 18.2 Å². The lowest BCUT2D eigenvalue weighted by Crippen LogP contribution is -2.54. The normalized spacial score (nSPS) is 12.1. The van der Waals surface area contributed by atoms with Crippen molar-refractivity contribution in [3.63, 3.8) is 0 Å². The lowest BCUT2D eigenvalue weighted by atomic mass is 10.0. The van der Waals surface area contributed by atoms with Gasteiger partial charge in [-0.1, -0.05) is 76.6 Å². The molecule has 36 heavy (non-hydrogen) atoms. The Labute approximate surface area is 225 Å². The lowest BCUT2D eigenvalue weighted by molar-refractivity contribution is -0.140. The Morgan fingerprint density at radius 3 is 2.22 bits per heavy atom. The van der Waals surface area contributed by atoms with E-state index >= 15 is 0 Å². The van der Waals surface area contributed by atoms with Crippen molar-refractivity contribution in [2.45, 2.75) is 51.1 Å². The van der Waals surface area contributed by atoms with Crippen LogP contribution in [-0.4, -0.2) is 34.0 Å². The molecule has 1 N–H and O–H groups in total. The molecule has 0 radical (unpaired) electrons. The predicted octanol–water partition coefficient (Wildman–Crippen LogP) is 6.38. The van der Waals surface area contributed by atoms with Crippen molar-refractivity contribution in [1.29, 1.82) is 0 Å². The topological polar surface area (TPSA) is 49.4 Å². The molecule has 0 unspecified atom stereocenters. The van der Waals surface area contributed by atoms with Crippen LogP contribution in [0.5, 0.6) is 0 Å². The summed E-state index contributed by atoms with van der Waals surface area (Å²) >= 11 is 4.91. The highest BCUT2D eigenvalue weighted by atomic mass is 79.9. The van der Waals surface area contributed by atoms with Gasteiger partial charge in [0.25, 0.3) is 0 Å². The molecule has 0 aliphatic carbocycles. The minimum atomic E-state index is -0.785. The smallest absolute Gasteiger partial charge is 0.243 e. The fourth-order valence-corrected chi connectivity index (χ4v) is 4.87. The first-order chi connectivity index (χ1) is 17.1. The number of amides is 2. The van der Waals surface area contributed by atoms with E-state index in [-0.39, 0.29) is 24.1 Å². The first kappa shape index (κ1) is 27.9. The van der Waals surface area contributed by atoms with Crippen molar-refractivity contribution in [2.24, 2.45) is 0 Å². The standard InChI is InChI=1S/C29H32BrFN2O2S/c1-29(2,3)32-28(35)26(17-21-9-5-4-6-10-21)33(18-23-11-7-8-12-25(23)31)27(34)20-36-19-22-13-15-24(30)16-14-22/h4-16,26H,17-20H2,1-3H3,(H,32,35)/t26-/m0/s1. The summed E-state index contributed by atoms with van der Waals surface area (Å²) in [5, 5.41) is 3.02. The van der Waals surface area contributed by atoms with Gasteiger partial charge in [-0.05, 0) is 50.1 Å². The van der Waals surface area contributed by atoms with E-state index in [0.29, 0.717) is 17.7 Å². The number of benzene rings is 3. The molecule has 0 fully saturated rings. The molecule has 2 amide bonds. The molecule has 7 heteroatoms. The van der Waals surface area contributed by atoms with Gasteiger partial charge in [0, 0.05) is 34.3 Å². The van der Waals surface area contributed by atoms with Gasteiger partial charge in [-0.15, -0.1) is 11.8 Å². The van der Waals surface area contributed by atoms with E-state index in [9.17, 15) is 14.0 Å². The fraction of sp³-hybridized carbons (Fsp3) is 0.310. The van der Waals surface area contributed by atoms with Crippen molar-refractivity contribution in [1.82, 2.24) is 10.2 Å². The molecule has 0 heterocycles. The average Bonchev–Trinajstić information content (AvgIpc) is 2.83. The Kier molecular flexibility index (Phi) is 10.1. The molecule has 3 aromatic carbocycles. The van der Waals surface area contributed by atoms with Gasteiger partial charge < -0.3 is 10.2 Å². The van der Waals surface area contributed by atoms with E-state index in [0.717, 1.165) is 15.6 Å². The van der Waals surface area contributed by atoms with Crippen LogP contribution in [0.1, 0.15) is 37.5 Å². The van der Waals surface area contributed by atoms with Crippen molar-refractivity contribution < 1.29 is 14.0 Å². The summed E-state index contributed by atoms with van der Waals surface area (Å²) in [5.74, 6) is -0.0188. The summed E-state index contributed by atoms with van der Waals surface area (Å²) in [5.41, 5.74) is 1.93. The number of nitrogens with one attached hydrogen (secondary N) is 1. The number of hydrogen-bond donors (Lipinski definition) is 1. The van der Waals surface area contributed by atoms with E-state index in [1.807, 2.05) is 75.4 Å². The summed E-state index contributed by atoms with van der Waals surface area (Å²) < 4.78 is 15.6. The minimum absolute atomic E-state index is 0.0133. The zero-order chi connectivity index (χ0) is 26.1. The zero-order valence-electron chi connectivity index (χ0n) is 20.8. The van der Waals surface area contributed by atoms with E-state index in [1.165, 1.54) is 22.7 Å². The van der Waals surface area contributed by atoms with Crippen LogP contribution >= 0.6 is 27.7 Å². The largest absolute Gasteiger partial charge is 0.350 e. The molecule has 0 bridgehead atoms. The molecule has 3 aromatic rings. The monoisotopic (exact) mass is 570 g/mol. The lowest BCUT2D eigenvalue weighted by Gasteiger charge is -2.34. The second kappa shape index (κ2) is 13.1. The molecule has 0 saturated heterocycles. The van der Waals surface area contributed by atoms with Crippen molar-refractivity contribution in [3.8, 4) is 0 Å². The third-order valence-corrected chi connectivity index (χ3v) is 6.99. The molecule has 4 nitrogen and oxygen atoms in total. The summed E-state index contributed by atoms with van der Waals surface area (Å²) in [7, 11) is 0. The number of rotatable bonds is 10. The summed E-state index contributed by atoms with van der Waals surface area (Å²) in [6, 6.07) is 23.2. The quantitative estimate of drug-likeness (QED) is 0.308. The highest BCUT2D eigenvalue weighted by Gasteiger charge is 2.32. The molecule has 3 rings (SSSR count). The molecular formula is C29H32BrFN2O2S. The maximum absolute atomic E-state index is 14.6. The minimum Gasteiger partial charge on any atom is -0.350 e. The molecule has 0 aliphatic heterocycles. The van der Waals surface area contributed by atoms with Crippen LogP contribution < -0.4 is 5.32 Å².